The highest BCUT2D eigenvalue weighted by Crippen LogP contribution is 2.31. The Kier molecular flexibility index (Phi) is 2.38. The van der Waals surface area contributed by atoms with Gasteiger partial charge in [-0.1, -0.05) is 6.07 Å². The average Bonchev–Trinajstić information content (AvgIpc) is 3.13. The molecule has 2 N–H and O–H groups in total. The van der Waals surface area contributed by atoms with Gasteiger partial charge in [-0.15, -0.1) is 0 Å². The zero-order valence-corrected chi connectivity index (χ0v) is 10.6. The van der Waals surface area contributed by atoms with Crippen LogP contribution in [0.15, 0.2) is 34.9 Å². The fraction of sp³-hybridized carbons (Fsp3) is 0.400. The molecule has 2 aliphatic rings. The van der Waals surface area contributed by atoms with Gasteiger partial charge in [0.05, 0.1) is 6.26 Å². The van der Waals surface area contributed by atoms with Crippen LogP contribution in [-0.2, 0) is 0 Å². The Labute approximate surface area is 111 Å². The second-order valence-electron chi connectivity index (χ2n) is 5.61. The summed E-state index contributed by atoms with van der Waals surface area (Å²) in [5.41, 5.74) is 1.43. The third-order valence-electron chi connectivity index (χ3n) is 4.36. The van der Waals surface area contributed by atoms with Crippen molar-refractivity contribution in [1.29, 1.82) is 0 Å². The van der Waals surface area contributed by atoms with Crippen LogP contribution >= 0.6 is 0 Å². The van der Waals surface area contributed by atoms with Gasteiger partial charge in [0.1, 0.15) is 5.58 Å². The molecule has 0 spiro atoms. The summed E-state index contributed by atoms with van der Waals surface area (Å²) in [7, 11) is 0. The smallest absolute Gasteiger partial charge is 0.251 e. The first-order valence-electron chi connectivity index (χ1n) is 6.81. The first kappa shape index (κ1) is 11.1. The number of benzene rings is 1. The van der Waals surface area contributed by atoms with Crippen molar-refractivity contribution in [2.24, 2.45) is 5.92 Å². The molecule has 3 atom stereocenters. The maximum atomic E-state index is 12.3. The van der Waals surface area contributed by atoms with Gasteiger partial charge in [-0.05, 0) is 43.5 Å². The highest BCUT2D eigenvalue weighted by Gasteiger charge is 2.40. The minimum Gasteiger partial charge on any atom is -0.464 e. The van der Waals surface area contributed by atoms with Gasteiger partial charge < -0.3 is 15.1 Å². The standard InChI is InChI=1S/C15H16N2O2/c18-15(17-13-6-9-5-12(13)16-8-9)11-2-1-10-3-4-19-14(10)7-11/h1-4,7,9,12-13,16H,5-6,8H2,(H,17,18)/t9-,12-,13+/m0/s1. The molecule has 1 aliphatic carbocycles. The van der Waals surface area contributed by atoms with E-state index in [1.54, 1.807) is 6.26 Å². The third kappa shape index (κ3) is 1.83. The lowest BCUT2D eigenvalue weighted by Crippen LogP contribution is -2.47. The van der Waals surface area contributed by atoms with Gasteiger partial charge in [0.15, 0.2) is 0 Å². The van der Waals surface area contributed by atoms with Crippen molar-refractivity contribution < 1.29 is 9.21 Å². The van der Waals surface area contributed by atoms with E-state index >= 15 is 0 Å². The second kappa shape index (κ2) is 4.10. The Morgan fingerprint density at radius 3 is 3.05 bits per heavy atom. The minimum atomic E-state index is -0.00218. The zero-order valence-electron chi connectivity index (χ0n) is 10.6. The van der Waals surface area contributed by atoms with Gasteiger partial charge >= 0.3 is 0 Å². The van der Waals surface area contributed by atoms with Gasteiger partial charge in [-0.2, -0.15) is 0 Å². The van der Waals surface area contributed by atoms with Crippen LogP contribution in [0.5, 0.6) is 0 Å². The monoisotopic (exact) mass is 256 g/mol. The van der Waals surface area contributed by atoms with Gasteiger partial charge in [-0.25, -0.2) is 0 Å². The van der Waals surface area contributed by atoms with E-state index in [0.29, 0.717) is 11.6 Å². The Bertz CT molecular complexity index is 634. The van der Waals surface area contributed by atoms with Crippen LogP contribution in [0, 0.1) is 5.92 Å². The number of furan rings is 1. The van der Waals surface area contributed by atoms with Crippen LogP contribution in [0.4, 0.5) is 0 Å². The number of rotatable bonds is 2. The number of fused-ring (bicyclic) bond motifs is 3. The van der Waals surface area contributed by atoms with Crippen molar-refractivity contribution in [3.63, 3.8) is 0 Å². The molecule has 2 fully saturated rings. The maximum Gasteiger partial charge on any atom is 0.251 e. The number of hydrogen-bond donors (Lipinski definition) is 2. The summed E-state index contributed by atoms with van der Waals surface area (Å²) in [5.74, 6) is 0.737. The number of piperidine rings is 1. The van der Waals surface area contributed by atoms with E-state index in [-0.39, 0.29) is 11.9 Å². The topological polar surface area (TPSA) is 54.3 Å². The van der Waals surface area contributed by atoms with Crippen LogP contribution in [0.2, 0.25) is 0 Å². The summed E-state index contributed by atoms with van der Waals surface area (Å²) in [6.07, 6.45) is 3.95. The van der Waals surface area contributed by atoms with E-state index in [0.717, 1.165) is 29.9 Å². The zero-order chi connectivity index (χ0) is 12.8. The second-order valence-corrected chi connectivity index (χ2v) is 5.61. The van der Waals surface area contributed by atoms with Gasteiger partial charge in [0, 0.05) is 23.0 Å². The van der Waals surface area contributed by atoms with E-state index in [1.165, 1.54) is 6.42 Å². The summed E-state index contributed by atoms with van der Waals surface area (Å²) in [4.78, 5) is 12.3. The number of carbonyl (C=O) groups is 1. The molecule has 1 saturated heterocycles. The molecule has 1 aromatic carbocycles. The van der Waals surface area contributed by atoms with E-state index < -0.39 is 0 Å². The predicted molar refractivity (Wildman–Crippen MR) is 72.0 cm³/mol. The van der Waals surface area contributed by atoms with Crippen LogP contribution < -0.4 is 10.6 Å². The SMILES string of the molecule is O=C(N[C@@H]1C[C@H]2CN[C@H]1C2)c1ccc2ccoc2c1. The number of carbonyl (C=O) groups excluding carboxylic acids is 1. The maximum absolute atomic E-state index is 12.3. The molecule has 2 bridgehead atoms. The lowest BCUT2D eigenvalue weighted by molar-refractivity contribution is 0.0928. The van der Waals surface area contributed by atoms with Crippen molar-refractivity contribution in [2.75, 3.05) is 6.54 Å². The van der Waals surface area contributed by atoms with E-state index in [4.69, 9.17) is 4.42 Å². The van der Waals surface area contributed by atoms with E-state index in [9.17, 15) is 4.79 Å². The largest absolute Gasteiger partial charge is 0.464 e. The summed E-state index contributed by atoms with van der Waals surface area (Å²) >= 11 is 0. The average molecular weight is 256 g/mol. The molecule has 4 nitrogen and oxygen atoms in total. The quantitative estimate of drug-likeness (QED) is 0.863. The Morgan fingerprint density at radius 1 is 1.32 bits per heavy atom. The van der Waals surface area contributed by atoms with Crippen LogP contribution in [0.1, 0.15) is 23.2 Å². The molecule has 0 radical (unpaired) electrons. The first-order valence-corrected chi connectivity index (χ1v) is 6.81. The van der Waals surface area contributed by atoms with Crippen molar-refractivity contribution in [3.05, 3.63) is 36.1 Å². The normalized spacial score (nSPS) is 28.9. The fourth-order valence-electron chi connectivity index (χ4n) is 3.36. The van der Waals surface area contributed by atoms with Gasteiger partial charge in [-0.3, -0.25) is 4.79 Å². The number of amides is 1. The molecule has 4 heteroatoms. The van der Waals surface area contributed by atoms with Crippen molar-refractivity contribution in [3.8, 4) is 0 Å². The number of nitrogens with one attached hydrogen (secondary N) is 2. The van der Waals surface area contributed by atoms with E-state index in [1.807, 2.05) is 24.3 Å². The molecule has 2 aromatic rings. The van der Waals surface area contributed by atoms with Crippen molar-refractivity contribution in [1.82, 2.24) is 10.6 Å². The molecule has 2 heterocycles. The molecular weight excluding hydrogens is 240 g/mol. The van der Waals surface area contributed by atoms with Gasteiger partial charge in [0.25, 0.3) is 5.91 Å². The van der Waals surface area contributed by atoms with Crippen LogP contribution in [0.3, 0.4) is 0 Å². The van der Waals surface area contributed by atoms with Crippen LogP contribution in [-0.4, -0.2) is 24.5 Å². The Morgan fingerprint density at radius 2 is 2.26 bits per heavy atom. The molecule has 98 valence electrons. The molecule has 0 unspecified atom stereocenters. The summed E-state index contributed by atoms with van der Waals surface area (Å²) < 4.78 is 5.34. The highest BCUT2D eigenvalue weighted by atomic mass is 16.3. The minimum absolute atomic E-state index is 0.00218. The Hall–Kier alpha value is -1.81. The van der Waals surface area contributed by atoms with Gasteiger partial charge in [0.2, 0.25) is 0 Å². The summed E-state index contributed by atoms with van der Waals surface area (Å²) in [5, 5.41) is 7.62. The summed E-state index contributed by atoms with van der Waals surface area (Å²) in [6, 6.07) is 8.22. The van der Waals surface area contributed by atoms with Crippen LogP contribution in [0.25, 0.3) is 11.0 Å². The molecular formula is C15H16N2O2. The molecule has 1 aromatic heterocycles. The van der Waals surface area contributed by atoms with E-state index in [2.05, 4.69) is 10.6 Å². The highest BCUT2D eigenvalue weighted by molar-refractivity contribution is 5.97. The third-order valence-corrected chi connectivity index (χ3v) is 4.36. The lowest BCUT2D eigenvalue weighted by atomic mass is 10.1. The molecule has 1 amide bonds. The molecule has 1 aliphatic heterocycles. The lowest BCUT2D eigenvalue weighted by Gasteiger charge is -2.23. The fourth-order valence-corrected chi connectivity index (χ4v) is 3.36. The Balaban J connectivity index is 1.53. The molecule has 4 rings (SSSR count). The van der Waals surface area contributed by atoms with Crippen molar-refractivity contribution >= 4 is 16.9 Å². The molecule has 19 heavy (non-hydrogen) atoms. The summed E-state index contributed by atoms with van der Waals surface area (Å²) in [6.45, 7) is 1.11. The van der Waals surface area contributed by atoms with Crippen molar-refractivity contribution in [2.45, 2.75) is 24.9 Å². The predicted octanol–water partition coefficient (Wildman–Crippen LogP) is 1.91. The number of hydrogen-bond acceptors (Lipinski definition) is 3. The first-order chi connectivity index (χ1) is 9.29. The molecule has 1 saturated carbocycles.